The highest BCUT2D eigenvalue weighted by Crippen LogP contribution is 2.25. The van der Waals surface area contributed by atoms with Crippen molar-refractivity contribution in [2.75, 3.05) is 5.32 Å². The molecule has 0 fully saturated rings. The lowest BCUT2D eigenvalue weighted by molar-refractivity contribution is 0.102. The van der Waals surface area contributed by atoms with Crippen LogP contribution in [0.3, 0.4) is 0 Å². The molecule has 5 nitrogen and oxygen atoms in total. The van der Waals surface area contributed by atoms with Gasteiger partial charge in [-0.05, 0) is 31.5 Å². The second kappa shape index (κ2) is 6.21. The molecule has 0 aromatic carbocycles. The lowest BCUT2D eigenvalue weighted by Crippen LogP contribution is -2.14. The Morgan fingerprint density at radius 2 is 2.09 bits per heavy atom. The van der Waals surface area contributed by atoms with Gasteiger partial charge in [0.1, 0.15) is 11.5 Å². The van der Waals surface area contributed by atoms with Crippen LogP contribution >= 0.6 is 11.3 Å². The molecule has 0 bridgehead atoms. The van der Waals surface area contributed by atoms with Crippen molar-refractivity contribution in [3.63, 3.8) is 0 Å². The molecule has 0 aliphatic carbocycles. The van der Waals surface area contributed by atoms with Crippen LogP contribution in [0, 0.1) is 19.7 Å². The average Bonchev–Trinajstić information content (AvgIpc) is 2.93. The van der Waals surface area contributed by atoms with E-state index in [1.807, 2.05) is 19.2 Å². The number of nitrogens with one attached hydrogen (secondary N) is 1. The summed E-state index contributed by atoms with van der Waals surface area (Å²) in [6, 6.07) is 3.21. The van der Waals surface area contributed by atoms with E-state index in [-0.39, 0.29) is 5.69 Å². The van der Waals surface area contributed by atoms with E-state index in [0.29, 0.717) is 16.3 Å². The number of carbonyl (C=O) groups excluding carboxylic acids is 1. The van der Waals surface area contributed by atoms with Gasteiger partial charge in [-0.15, -0.1) is 11.3 Å². The van der Waals surface area contributed by atoms with Gasteiger partial charge in [0.25, 0.3) is 5.91 Å². The maximum atomic E-state index is 14.1. The van der Waals surface area contributed by atoms with Crippen molar-refractivity contribution in [3.05, 3.63) is 58.9 Å². The molecule has 0 aliphatic heterocycles. The standard InChI is InChI=1S/C16H13FN4OS/c1-9-3-4-18-6-12(9)11-5-14(19-7-13(11)17)15(22)21-16-20-10(2)8-23-16/h3-8H,1-2H3,(H,20,21,22). The van der Waals surface area contributed by atoms with E-state index in [2.05, 4.69) is 20.3 Å². The number of rotatable bonds is 3. The van der Waals surface area contributed by atoms with Crippen LogP contribution in [0.5, 0.6) is 0 Å². The van der Waals surface area contributed by atoms with Crippen LogP contribution in [0.2, 0.25) is 0 Å². The summed E-state index contributed by atoms with van der Waals surface area (Å²) >= 11 is 1.32. The van der Waals surface area contributed by atoms with Crippen molar-refractivity contribution < 1.29 is 9.18 Å². The zero-order valence-corrected chi connectivity index (χ0v) is 13.3. The van der Waals surface area contributed by atoms with Gasteiger partial charge in [0.05, 0.1) is 11.9 Å². The third-order valence-corrected chi connectivity index (χ3v) is 4.13. The molecule has 3 aromatic heterocycles. The minimum atomic E-state index is -0.497. The van der Waals surface area contributed by atoms with Crippen LogP contribution < -0.4 is 5.32 Å². The number of amides is 1. The van der Waals surface area contributed by atoms with Crippen molar-refractivity contribution in [2.24, 2.45) is 0 Å². The molecule has 3 rings (SSSR count). The van der Waals surface area contributed by atoms with Gasteiger partial charge in [-0.2, -0.15) is 0 Å². The SMILES string of the molecule is Cc1csc(NC(=O)c2cc(-c3cnccc3C)c(F)cn2)n1. The number of halogens is 1. The monoisotopic (exact) mass is 328 g/mol. The summed E-state index contributed by atoms with van der Waals surface area (Å²) in [6.45, 7) is 3.69. The third-order valence-electron chi connectivity index (χ3n) is 3.26. The number of aryl methyl sites for hydroxylation is 2. The van der Waals surface area contributed by atoms with Crippen molar-refractivity contribution in [1.82, 2.24) is 15.0 Å². The Morgan fingerprint density at radius 1 is 1.26 bits per heavy atom. The molecule has 23 heavy (non-hydrogen) atoms. The van der Waals surface area contributed by atoms with Gasteiger partial charge in [0.2, 0.25) is 0 Å². The zero-order chi connectivity index (χ0) is 16.4. The predicted octanol–water partition coefficient (Wildman–Crippen LogP) is 3.61. The molecule has 116 valence electrons. The number of aromatic nitrogens is 3. The Balaban J connectivity index is 1.94. The van der Waals surface area contributed by atoms with Gasteiger partial charge in [0.15, 0.2) is 5.13 Å². The first-order valence-electron chi connectivity index (χ1n) is 6.84. The minimum Gasteiger partial charge on any atom is -0.296 e. The number of nitrogens with zero attached hydrogens (tertiary/aromatic N) is 3. The highest BCUT2D eigenvalue weighted by atomic mass is 32.1. The summed E-state index contributed by atoms with van der Waals surface area (Å²) < 4.78 is 14.1. The highest BCUT2D eigenvalue weighted by molar-refractivity contribution is 7.13. The lowest BCUT2D eigenvalue weighted by Gasteiger charge is -2.08. The first-order valence-corrected chi connectivity index (χ1v) is 7.72. The van der Waals surface area contributed by atoms with Gasteiger partial charge < -0.3 is 0 Å². The maximum absolute atomic E-state index is 14.1. The zero-order valence-electron chi connectivity index (χ0n) is 12.5. The molecule has 0 unspecified atom stereocenters. The summed E-state index contributed by atoms with van der Waals surface area (Å²) in [5.41, 5.74) is 2.74. The fraction of sp³-hybridized carbons (Fsp3) is 0.125. The normalized spacial score (nSPS) is 10.6. The molecule has 3 heterocycles. The fourth-order valence-electron chi connectivity index (χ4n) is 2.09. The van der Waals surface area contributed by atoms with Crippen LogP contribution in [0.1, 0.15) is 21.7 Å². The lowest BCUT2D eigenvalue weighted by atomic mass is 10.0. The molecule has 0 radical (unpaired) electrons. The molecule has 3 aromatic rings. The number of carbonyl (C=O) groups is 1. The summed E-state index contributed by atoms with van der Waals surface area (Å²) in [5, 5.41) is 4.98. The summed E-state index contributed by atoms with van der Waals surface area (Å²) in [4.78, 5) is 24.3. The van der Waals surface area contributed by atoms with E-state index in [1.54, 1.807) is 18.5 Å². The van der Waals surface area contributed by atoms with Gasteiger partial charge >= 0.3 is 0 Å². The van der Waals surface area contributed by atoms with Gasteiger partial charge in [-0.25, -0.2) is 14.4 Å². The van der Waals surface area contributed by atoms with Crippen molar-refractivity contribution in [3.8, 4) is 11.1 Å². The topological polar surface area (TPSA) is 67.8 Å². The molecule has 0 saturated heterocycles. The van der Waals surface area contributed by atoms with E-state index in [1.165, 1.54) is 17.4 Å². The third kappa shape index (κ3) is 3.24. The molecule has 0 aliphatic rings. The summed E-state index contributed by atoms with van der Waals surface area (Å²) in [6.07, 6.45) is 4.25. The average molecular weight is 328 g/mol. The van der Waals surface area contributed by atoms with Crippen LogP contribution in [0.25, 0.3) is 11.1 Å². The fourth-order valence-corrected chi connectivity index (χ4v) is 2.77. The Morgan fingerprint density at radius 3 is 2.78 bits per heavy atom. The van der Waals surface area contributed by atoms with Gasteiger partial charge in [0, 0.05) is 28.9 Å². The van der Waals surface area contributed by atoms with E-state index in [9.17, 15) is 9.18 Å². The molecule has 0 atom stereocenters. The van der Waals surface area contributed by atoms with E-state index in [0.717, 1.165) is 17.5 Å². The van der Waals surface area contributed by atoms with E-state index < -0.39 is 11.7 Å². The Labute approximate surface area is 136 Å². The number of pyridine rings is 2. The Kier molecular flexibility index (Phi) is 4.12. The predicted molar refractivity (Wildman–Crippen MR) is 87.0 cm³/mol. The van der Waals surface area contributed by atoms with Crippen molar-refractivity contribution in [2.45, 2.75) is 13.8 Å². The van der Waals surface area contributed by atoms with Crippen molar-refractivity contribution >= 4 is 22.4 Å². The molecular weight excluding hydrogens is 315 g/mol. The molecular formula is C16H13FN4OS. The minimum absolute atomic E-state index is 0.123. The van der Waals surface area contributed by atoms with Crippen LogP contribution in [0.15, 0.2) is 36.1 Å². The number of hydrogen-bond donors (Lipinski definition) is 1. The number of thiazole rings is 1. The number of anilines is 1. The second-order valence-electron chi connectivity index (χ2n) is 4.99. The van der Waals surface area contributed by atoms with Crippen LogP contribution in [0.4, 0.5) is 9.52 Å². The van der Waals surface area contributed by atoms with Crippen LogP contribution in [-0.2, 0) is 0 Å². The first-order chi connectivity index (χ1) is 11.0. The number of hydrogen-bond acceptors (Lipinski definition) is 5. The second-order valence-corrected chi connectivity index (χ2v) is 5.85. The largest absolute Gasteiger partial charge is 0.296 e. The summed E-state index contributed by atoms with van der Waals surface area (Å²) in [5.74, 6) is -0.926. The molecule has 0 spiro atoms. The maximum Gasteiger partial charge on any atom is 0.276 e. The van der Waals surface area contributed by atoms with Gasteiger partial charge in [-0.1, -0.05) is 0 Å². The highest BCUT2D eigenvalue weighted by Gasteiger charge is 2.15. The first kappa shape index (κ1) is 15.2. The molecule has 7 heteroatoms. The van der Waals surface area contributed by atoms with Crippen LogP contribution in [-0.4, -0.2) is 20.9 Å². The van der Waals surface area contributed by atoms with Gasteiger partial charge in [-0.3, -0.25) is 15.1 Å². The quantitative estimate of drug-likeness (QED) is 0.797. The van der Waals surface area contributed by atoms with Crippen molar-refractivity contribution in [1.29, 1.82) is 0 Å². The van der Waals surface area contributed by atoms with E-state index >= 15 is 0 Å². The Hall–Kier alpha value is -2.67. The molecule has 0 saturated carbocycles. The Bertz CT molecular complexity index is 878. The smallest absolute Gasteiger partial charge is 0.276 e. The summed E-state index contributed by atoms with van der Waals surface area (Å²) in [7, 11) is 0. The molecule has 1 N–H and O–H groups in total. The molecule has 1 amide bonds. The van der Waals surface area contributed by atoms with E-state index in [4.69, 9.17) is 0 Å².